The molecule has 1 amide bonds. The second-order valence-electron chi connectivity index (χ2n) is 5.67. The van der Waals surface area contributed by atoms with Gasteiger partial charge in [-0.3, -0.25) is 9.59 Å². The Morgan fingerprint density at radius 2 is 1.92 bits per heavy atom. The van der Waals surface area contributed by atoms with Gasteiger partial charge in [0.05, 0.1) is 13.2 Å². The van der Waals surface area contributed by atoms with Gasteiger partial charge in [0, 0.05) is 6.54 Å². The van der Waals surface area contributed by atoms with Crippen molar-refractivity contribution >= 4 is 18.0 Å². The van der Waals surface area contributed by atoms with E-state index >= 15 is 0 Å². The van der Waals surface area contributed by atoms with Crippen molar-refractivity contribution < 1.29 is 29.0 Å². The SMILES string of the molecule is CCOC(=O)C1(C(=O)O)CCCN(C(=O)OCc2ccccc2)C1. The Balaban J connectivity index is 2.03. The highest BCUT2D eigenvalue weighted by Gasteiger charge is 2.51. The number of carboxylic acid groups (broad SMARTS) is 1. The summed E-state index contributed by atoms with van der Waals surface area (Å²) >= 11 is 0. The maximum absolute atomic E-state index is 12.2. The molecular formula is C17H21NO6. The van der Waals surface area contributed by atoms with E-state index in [1.165, 1.54) is 4.90 Å². The second-order valence-corrected chi connectivity index (χ2v) is 5.67. The lowest BCUT2D eigenvalue weighted by atomic mass is 9.80. The number of aliphatic carboxylic acids is 1. The minimum atomic E-state index is -1.72. The van der Waals surface area contributed by atoms with Crippen LogP contribution in [0.5, 0.6) is 0 Å². The molecule has 1 aliphatic heterocycles. The molecule has 130 valence electrons. The first-order valence-electron chi connectivity index (χ1n) is 7.86. The number of likely N-dealkylation sites (tertiary alicyclic amines) is 1. The summed E-state index contributed by atoms with van der Waals surface area (Å²) in [6.07, 6.45) is -0.0942. The van der Waals surface area contributed by atoms with Gasteiger partial charge in [0.25, 0.3) is 0 Å². The molecule has 2 rings (SSSR count). The molecule has 0 spiro atoms. The number of nitrogens with zero attached hydrogens (tertiary/aromatic N) is 1. The van der Waals surface area contributed by atoms with Gasteiger partial charge in [-0.05, 0) is 25.3 Å². The van der Waals surface area contributed by atoms with Gasteiger partial charge >= 0.3 is 18.0 Å². The summed E-state index contributed by atoms with van der Waals surface area (Å²) in [6.45, 7) is 1.90. The van der Waals surface area contributed by atoms with Gasteiger partial charge in [-0.15, -0.1) is 0 Å². The number of rotatable bonds is 5. The van der Waals surface area contributed by atoms with Gasteiger partial charge < -0.3 is 19.5 Å². The Kier molecular flexibility index (Phi) is 5.78. The number of carboxylic acids is 1. The fraction of sp³-hybridized carbons (Fsp3) is 0.471. The van der Waals surface area contributed by atoms with Crippen LogP contribution in [0, 0.1) is 5.41 Å². The highest BCUT2D eigenvalue weighted by molar-refractivity contribution is 6.00. The van der Waals surface area contributed by atoms with E-state index in [1.54, 1.807) is 6.92 Å². The topological polar surface area (TPSA) is 93.1 Å². The van der Waals surface area contributed by atoms with Gasteiger partial charge in [0.2, 0.25) is 0 Å². The zero-order valence-corrected chi connectivity index (χ0v) is 13.6. The minimum absolute atomic E-state index is 0.0896. The summed E-state index contributed by atoms with van der Waals surface area (Å²) in [4.78, 5) is 37.3. The highest BCUT2D eigenvalue weighted by Crippen LogP contribution is 2.32. The summed E-state index contributed by atoms with van der Waals surface area (Å²) in [7, 11) is 0. The summed E-state index contributed by atoms with van der Waals surface area (Å²) in [5, 5.41) is 9.51. The van der Waals surface area contributed by atoms with Crippen molar-refractivity contribution in [2.24, 2.45) is 5.41 Å². The molecule has 1 N–H and O–H groups in total. The molecule has 0 bridgehead atoms. The van der Waals surface area contributed by atoms with Crippen molar-refractivity contribution in [3.63, 3.8) is 0 Å². The quantitative estimate of drug-likeness (QED) is 0.654. The van der Waals surface area contributed by atoms with Crippen molar-refractivity contribution in [2.45, 2.75) is 26.4 Å². The normalized spacial score (nSPS) is 20.3. The van der Waals surface area contributed by atoms with E-state index in [9.17, 15) is 19.5 Å². The third kappa shape index (κ3) is 3.84. The summed E-state index contributed by atoms with van der Waals surface area (Å²) < 4.78 is 10.1. The molecule has 1 saturated heterocycles. The third-order valence-corrected chi connectivity index (χ3v) is 4.03. The third-order valence-electron chi connectivity index (χ3n) is 4.03. The van der Waals surface area contributed by atoms with E-state index < -0.39 is 23.4 Å². The molecule has 0 saturated carbocycles. The molecular weight excluding hydrogens is 314 g/mol. The van der Waals surface area contributed by atoms with Crippen LogP contribution in [0.4, 0.5) is 4.79 Å². The number of piperidine rings is 1. The Morgan fingerprint density at radius 3 is 2.54 bits per heavy atom. The summed E-state index contributed by atoms with van der Waals surface area (Å²) in [5.41, 5.74) is -0.891. The van der Waals surface area contributed by atoms with Gasteiger partial charge in [-0.2, -0.15) is 0 Å². The summed E-state index contributed by atoms with van der Waals surface area (Å²) in [5.74, 6) is -2.08. The lowest BCUT2D eigenvalue weighted by Gasteiger charge is -2.37. The van der Waals surface area contributed by atoms with Gasteiger partial charge in [-0.1, -0.05) is 30.3 Å². The molecule has 24 heavy (non-hydrogen) atoms. The molecule has 1 aliphatic rings. The number of ether oxygens (including phenoxy) is 2. The Morgan fingerprint density at radius 1 is 1.21 bits per heavy atom. The van der Waals surface area contributed by atoms with Crippen molar-refractivity contribution in [3.05, 3.63) is 35.9 Å². The van der Waals surface area contributed by atoms with Crippen molar-refractivity contribution in [2.75, 3.05) is 19.7 Å². The van der Waals surface area contributed by atoms with Crippen LogP contribution >= 0.6 is 0 Å². The van der Waals surface area contributed by atoms with Crippen LogP contribution in [0.1, 0.15) is 25.3 Å². The average Bonchev–Trinajstić information content (AvgIpc) is 2.60. The average molecular weight is 335 g/mol. The molecule has 1 aromatic rings. The number of hydrogen-bond donors (Lipinski definition) is 1. The molecule has 0 aliphatic carbocycles. The predicted octanol–water partition coefficient (Wildman–Crippen LogP) is 2.05. The van der Waals surface area contributed by atoms with E-state index in [0.717, 1.165) is 5.56 Å². The number of amides is 1. The molecule has 0 radical (unpaired) electrons. The molecule has 1 aromatic carbocycles. The van der Waals surface area contributed by atoms with Crippen LogP contribution in [-0.4, -0.2) is 47.7 Å². The Bertz CT molecular complexity index is 602. The number of carbonyl (C=O) groups is 3. The van der Waals surface area contributed by atoms with E-state index in [4.69, 9.17) is 9.47 Å². The molecule has 1 heterocycles. The first-order chi connectivity index (χ1) is 11.5. The van der Waals surface area contributed by atoms with Crippen molar-refractivity contribution in [1.82, 2.24) is 4.90 Å². The van der Waals surface area contributed by atoms with Gasteiger partial charge in [0.15, 0.2) is 5.41 Å². The van der Waals surface area contributed by atoms with Crippen LogP contribution in [0.3, 0.4) is 0 Å². The zero-order chi connectivity index (χ0) is 17.6. The van der Waals surface area contributed by atoms with Crippen molar-refractivity contribution in [3.8, 4) is 0 Å². The second kappa shape index (κ2) is 7.81. The summed E-state index contributed by atoms with van der Waals surface area (Å²) in [6, 6.07) is 9.17. The molecule has 0 aromatic heterocycles. The number of carbonyl (C=O) groups excluding carboxylic acids is 2. The number of esters is 1. The van der Waals surface area contributed by atoms with Crippen LogP contribution in [0.2, 0.25) is 0 Å². The molecule has 1 unspecified atom stereocenters. The first-order valence-corrected chi connectivity index (χ1v) is 7.86. The highest BCUT2D eigenvalue weighted by atomic mass is 16.6. The van der Waals surface area contributed by atoms with Crippen LogP contribution < -0.4 is 0 Å². The van der Waals surface area contributed by atoms with Crippen molar-refractivity contribution in [1.29, 1.82) is 0 Å². The van der Waals surface area contributed by atoms with E-state index in [-0.39, 0.29) is 26.2 Å². The lowest BCUT2D eigenvalue weighted by Crippen LogP contribution is -2.54. The fourth-order valence-electron chi connectivity index (χ4n) is 2.72. The largest absolute Gasteiger partial charge is 0.480 e. The fourth-order valence-corrected chi connectivity index (χ4v) is 2.72. The number of hydrogen-bond acceptors (Lipinski definition) is 5. The van der Waals surface area contributed by atoms with Gasteiger partial charge in [0.1, 0.15) is 6.61 Å². The number of benzene rings is 1. The lowest BCUT2D eigenvalue weighted by molar-refractivity contribution is -0.172. The smallest absolute Gasteiger partial charge is 0.410 e. The minimum Gasteiger partial charge on any atom is -0.480 e. The van der Waals surface area contributed by atoms with E-state index in [0.29, 0.717) is 13.0 Å². The van der Waals surface area contributed by atoms with Crippen LogP contribution in [0.15, 0.2) is 30.3 Å². The zero-order valence-electron chi connectivity index (χ0n) is 13.6. The van der Waals surface area contributed by atoms with Crippen LogP contribution in [0.25, 0.3) is 0 Å². The maximum atomic E-state index is 12.2. The molecule has 1 atom stereocenters. The predicted molar refractivity (Wildman–Crippen MR) is 84.1 cm³/mol. The Hall–Kier alpha value is -2.57. The van der Waals surface area contributed by atoms with Gasteiger partial charge in [-0.25, -0.2) is 4.79 Å². The first kappa shape index (κ1) is 17.8. The molecule has 1 fully saturated rings. The standard InChI is InChI=1S/C17H21NO6/c1-2-23-15(21)17(14(19)20)9-6-10-18(12-17)16(22)24-11-13-7-4-3-5-8-13/h3-5,7-8H,2,6,9-12H2,1H3,(H,19,20). The van der Waals surface area contributed by atoms with E-state index in [1.807, 2.05) is 30.3 Å². The van der Waals surface area contributed by atoms with E-state index in [2.05, 4.69) is 0 Å². The molecule has 7 nitrogen and oxygen atoms in total. The monoisotopic (exact) mass is 335 g/mol. The Labute approximate surface area is 140 Å². The van der Waals surface area contributed by atoms with Crippen LogP contribution in [-0.2, 0) is 25.7 Å². The molecule has 7 heteroatoms. The maximum Gasteiger partial charge on any atom is 0.410 e.